The van der Waals surface area contributed by atoms with E-state index in [4.69, 9.17) is 9.47 Å². The number of hydrogen-bond acceptors (Lipinski definition) is 4. The first-order valence-electron chi connectivity index (χ1n) is 9.86. The summed E-state index contributed by atoms with van der Waals surface area (Å²) in [6.45, 7) is 8.62. The van der Waals surface area contributed by atoms with Gasteiger partial charge in [0.1, 0.15) is 5.75 Å². The van der Waals surface area contributed by atoms with Crippen LogP contribution in [0.25, 0.3) is 0 Å². The molecule has 0 fully saturated rings. The average molecular weight is 371 g/mol. The summed E-state index contributed by atoms with van der Waals surface area (Å²) in [7, 11) is 1.69. The lowest BCUT2D eigenvalue weighted by atomic mass is 10.0. The van der Waals surface area contributed by atoms with E-state index in [0.29, 0.717) is 18.6 Å². The first-order valence-corrected chi connectivity index (χ1v) is 9.86. The summed E-state index contributed by atoms with van der Waals surface area (Å²) >= 11 is 0. The molecule has 0 aliphatic rings. The number of nitrogens with one attached hydrogen (secondary N) is 2. The minimum Gasteiger partial charge on any atom is -0.497 e. The predicted octanol–water partition coefficient (Wildman–Crippen LogP) is 4.01. The van der Waals surface area contributed by atoms with Crippen LogP contribution in [0.2, 0.25) is 0 Å². The smallest absolute Gasteiger partial charge is 0.118 e. The molecule has 1 atom stereocenters. The molecule has 0 spiro atoms. The lowest BCUT2D eigenvalue weighted by Crippen LogP contribution is -2.41. The Hall–Kier alpha value is -1.88. The summed E-state index contributed by atoms with van der Waals surface area (Å²) in [4.78, 5) is 0. The number of ether oxygens (including phenoxy) is 2. The largest absolute Gasteiger partial charge is 0.497 e. The summed E-state index contributed by atoms with van der Waals surface area (Å²) in [5.74, 6) is 1.56. The molecule has 0 aliphatic heterocycles. The molecule has 0 heterocycles. The fraction of sp³-hybridized carbons (Fsp3) is 0.478. The van der Waals surface area contributed by atoms with Gasteiger partial charge in [0.15, 0.2) is 0 Å². The topological polar surface area (TPSA) is 42.5 Å². The molecule has 2 rings (SSSR count). The fourth-order valence-electron chi connectivity index (χ4n) is 3.04. The molecule has 0 amide bonds. The van der Waals surface area contributed by atoms with Gasteiger partial charge in [0, 0.05) is 25.7 Å². The minimum absolute atomic E-state index is 0.448. The van der Waals surface area contributed by atoms with E-state index in [1.54, 1.807) is 7.11 Å². The number of rotatable bonds is 13. The van der Waals surface area contributed by atoms with Gasteiger partial charge in [0.25, 0.3) is 0 Å². The number of benzene rings is 2. The van der Waals surface area contributed by atoms with Crippen molar-refractivity contribution in [1.82, 2.24) is 10.6 Å². The Labute approximate surface area is 164 Å². The molecule has 0 saturated heterocycles. The lowest BCUT2D eigenvalue weighted by Gasteiger charge is -2.21. The maximum Gasteiger partial charge on any atom is 0.118 e. The van der Waals surface area contributed by atoms with Gasteiger partial charge in [0.05, 0.1) is 20.3 Å². The number of hydrogen-bond donors (Lipinski definition) is 2. The van der Waals surface area contributed by atoms with Crippen molar-refractivity contribution in [3.63, 3.8) is 0 Å². The molecule has 0 radical (unpaired) electrons. The van der Waals surface area contributed by atoms with E-state index in [1.165, 1.54) is 11.1 Å². The second-order valence-corrected chi connectivity index (χ2v) is 7.30. The van der Waals surface area contributed by atoms with Gasteiger partial charge in [0.2, 0.25) is 0 Å². The molecule has 27 heavy (non-hydrogen) atoms. The highest BCUT2D eigenvalue weighted by molar-refractivity contribution is 5.27. The van der Waals surface area contributed by atoms with E-state index in [-0.39, 0.29) is 0 Å². The molecule has 4 nitrogen and oxygen atoms in total. The standard InChI is InChI=1S/C23H34N2O2/c1-19(2)15-22(17-24-16-20-9-11-23(26-3)12-10-20)25-13-14-27-18-21-7-5-4-6-8-21/h4-12,19,22,24-25H,13-18H2,1-3H3. The molecular weight excluding hydrogens is 336 g/mol. The average Bonchev–Trinajstić information content (AvgIpc) is 2.68. The Morgan fingerprint density at radius 3 is 2.33 bits per heavy atom. The van der Waals surface area contributed by atoms with E-state index in [1.807, 2.05) is 30.3 Å². The van der Waals surface area contributed by atoms with Gasteiger partial charge >= 0.3 is 0 Å². The van der Waals surface area contributed by atoms with E-state index < -0.39 is 0 Å². The van der Waals surface area contributed by atoms with Gasteiger partial charge in [-0.25, -0.2) is 0 Å². The van der Waals surface area contributed by atoms with Crippen LogP contribution in [0.3, 0.4) is 0 Å². The third kappa shape index (κ3) is 9.05. The molecule has 1 unspecified atom stereocenters. The van der Waals surface area contributed by atoms with E-state index >= 15 is 0 Å². The summed E-state index contributed by atoms with van der Waals surface area (Å²) < 4.78 is 11.0. The molecule has 0 aromatic heterocycles. The number of methoxy groups -OCH3 is 1. The quantitative estimate of drug-likeness (QED) is 0.523. The van der Waals surface area contributed by atoms with Crippen LogP contribution >= 0.6 is 0 Å². The van der Waals surface area contributed by atoms with Crippen LogP contribution < -0.4 is 15.4 Å². The van der Waals surface area contributed by atoms with Crippen molar-refractivity contribution in [2.75, 3.05) is 26.8 Å². The van der Waals surface area contributed by atoms with Crippen LogP contribution in [-0.4, -0.2) is 32.8 Å². The van der Waals surface area contributed by atoms with Crippen molar-refractivity contribution in [3.05, 3.63) is 65.7 Å². The second-order valence-electron chi connectivity index (χ2n) is 7.30. The van der Waals surface area contributed by atoms with Crippen molar-refractivity contribution in [1.29, 1.82) is 0 Å². The Morgan fingerprint density at radius 2 is 1.67 bits per heavy atom. The first kappa shape index (κ1) is 21.4. The van der Waals surface area contributed by atoms with Gasteiger partial charge in [-0.3, -0.25) is 0 Å². The molecule has 2 aromatic carbocycles. The maximum absolute atomic E-state index is 5.78. The molecule has 0 saturated carbocycles. The van der Waals surface area contributed by atoms with Crippen LogP contribution in [0.5, 0.6) is 5.75 Å². The maximum atomic E-state index is 5.78. The van der Waals surface area contributed by atoms with Crippen molar-refractivity contribution in [3.8, 4) is 5.75 Å². The van der Waals surface area contributed by atoms with Crippen LogP contribution in [0, 0.1) is 5.92 Å². The normalized spacial score (nSPS) is 12.3. The molecule has 0 bridgehead atoms. The predicted molar refractivity (Wildman–Crippen MR) is 112 cm³/mol. The van der Waals surface area contributed by atoms with Gasteiger partial charge in [-0.1, -0.05) is 56.3 Å². The van der Waals surface area contributed by atoms with Gasteiger partial charge in [-0.2, -0.15) is 0 Å². The van der Waals surface area contributed by atoms with Crippen molar-refractivity contribution in [2.24, 2.45) is 5.92 Å². The van der Waals surface area contributed by atoms with E-state index in [2.05, 4.69) is 48.7 Å². The van der Waals surface area contributed by atoms with Crippen LogP contribution in [0.1, 0.15) is 31.4 Å². The molecule has 4 heteroatoms. The molecule has 148 valence electrons. The van der Waals surface area contributed by atoms with Gasteiger partial charge in [-0.15, -0.1) is 0 Å². The molecule has 2 aromatic rings. The Bertz CT molecular complexity index is 614. The fourth-order valence-corrected chi connectivity index (χ4v) is 3.04. The zero-order valence-corrected chi connectivity index (χ0v) is 16.9. The van der Waals surface area contributed by atoms with E-state index in [9.17, 15) is 0 Å². The zero-order valence-electron chi connectivity index (χ0n) is 16.9. The van der Waals surface area contributed by atoms with Crippen LogP contribution in [0.15, 0.2) is 54.6 Å². The molecule has 2 N–H and O–H groups in total. The van der Waals surface area contributed by atoms with Gasteiger partial charge in [-0.05, 0) is 35.6 Å². The van der Waals surface area contributed by atoms with Crippen molar-refractivity contribution < 1.29 is 9.47 Å². The first-order chi connectivity index (χ1) is 13.2. The molecule has 0 aliphatic carbocycles. The van der Waals surface area contributed by atoms with Gasteiger partial charge < -0.3 is 20.1 Å². The summed E-state index contributed by atoms with van der Waals surface area (Å²) in [6, 6.07) is 19.0. The Kier molecular flexibility index (Phi) is 9.91. The molecular formula is C23H34N2O2. The highest BCUT2D eigenvalue weighted by Gasteiger charge is 2.10. The highest BCUT2D eigenvalue weighted by atomic mass is 16.5. The highest BCUT2D eigenvalue weighted by Crippen LogP contribution is 2.11. The van der Waals surface area contributed by atoms with Crippen LogP contribution in [-0.2, 0) is 17.9 Å². The Balaban J connectivity index is 1.65. The third-order valence-electron chi connectivity index (χ3n) is 4.43. The zero-order chi connectivity index (χ0) is 19.3. The Morgan fingerprint density at radius 1 is 0.926 bits per heavy atom. The SMILES string of the molecule is COc1ccc(CNCC(CC(C)C)NCCOCc2ccccc2)cc1. The third-order valence-corrected chi connectivity index (χ3v) is 4.43. The summed E-state index contributed by atoms with van der Waals surface area (Å²) in [6.07, 6.45) is 1.15. The second kappa shape index (κ2) is 12.5. The van der Waals surface area contributed by atoms with Crippen molar-refractivity contribution in [2.45, 2.75) is 39.5 Å². The minimum atomic E-state index is 0.448. The monoisotopic (exact) mass is 370 g/mol. The van der Waals surface area contributed by atoms with Crippen LogP contribution in [0.4, 0.5) is 0 Å². The summed E-state index contributed by atoms with van der Waals surface area (Å²) in [5.41, 5.74) is 2.49. The van der Waals surface area contributed by atoms with Crippen molar-refractivity contribution >= 4 is 0 Å². The van der Waals surface area contributed by atoms with E-state index in [0.717, 1.165) is 38.4 Å². The summed E-state index contributed by atoms with van der Waals surface area (Å²) in [5, 5.41) is 7.20. The lowest BCUT2D eigenvalue weighted by molar-refractivity contribution is 0.120.